The first-order chi connectivity index (χ1) is 50.2. The molecule has 508 valence electrons. The van der Waals surface area contributed by atoms with E-state index in [1.807, 2.05) is 49.4 Å². The number of phenols is 4. The van der Waals surface area contributed by atoms with E-state index in [0.717, 1.165) is 31.9 Å². The first-order valence-electron chi connectivity index (χ1n) is 31.5. The summed E-state index contributed by atoms with van der Waals surface area (Å²) < 4.78 is 0. The van der Waals surface area contributed by atoms with E-state index in [4.69, 9.17) is 11.5 Å². The summed E-state index contributed by atoms with van der Waals surface area (Å²) in [5.41, 5.74) is 21.3. The lowest BCUT2D eigenvalue weighted by Crippen LogP contribution is -2.40. The summed E-state index contributed by atoms with van der Waals surface area (Å²) in [5, 5.41) is 99.6. The fourth-order valence-electron chi connectivity index (χ4n) is 12.3. The highest BCUT2D eigenvalue weighted by Crippen LogP contribution is 2.43. The number of carbonyl (C=O) groups is 4. The van der Waals surface area contributed by atoms with Crippen LogP contribution in [0.5, 0.6) is 23.0 Å². The number of amides is 4. The van der Waals surface area contributed by atoms with E-state index in [2.05, 4.69) is 40.8 Å². The second-order valence-electron chi connectivity index (χ2n) is 23.8. The van der Waals surface area contributed by atoms with Gasteiger partial charge in [-0.05, 0) is 171 Å². The summed E-state index contributed by atoms with van der Waals surface area (Å²) in [6.45, 7) is 3.66. The first kappa shape index (κ1) is 64.6. The van der Waals surface area contributed by atoms with E-state index in [0.29, 0.717) is 61.6 Å². The third-order valence-electron chi connectivity index (χ3n) is 17.1. The van der Waals surface area contributed by atoms with Gasteiger partial charge in [0.15, 0.2) is 11.5 Å². The van der Waals surface area contributed by atoms with Crippen molar-refractivity contribution < 1.29 is 49.5 Å². The Morgan fingerprint density at radius 1 is 0.346 bits per heavy atom. The van der Waals surface area contributed by atoms with Crippen LogP contribution in [0.4, 0.5) is 34.1 Å². The molecule has 104 heavy (non-hydrogen) atoms. The minimum absolute atomic E-state index is 0.000839. The number of para-hydroxylation sites is 4. The van der Waals surface area contributed by atoms with Crippen LogP contribution in [0.3, 0.4) is 0 Å². The normalized spacial score (nSPS) is 12.4. The fourth-order valence-corrected chi connectivity index (χ4v) is 12.3. The van der Waals surface area contributed by atoms with E-state index in [-0.39, 0.29) is 95.2 Å². The second kappa shape index (κ2) is 25.5. The lowest BCUT2D eigenvalue weighted by molar-refractivity contribution is -0.383. The van der Waals surface area contributed by atoms with Crippen LogP contribution >= 0.6 is 0 Å². The van der Waals surface area contributed by atoms with Gasteiger partial charge in [-0.25, -0.2) is 9.80 Å². The molecule has 0 unspecified atom stereocenters. The number of non-ortho nitro benzene ring substituents is 2. The Bertz CT molecular complexity index is 6230. The van der Waals surface area contributed by atoms with Crippen molar-refractivity contribution in [3.8, 4) is 45.7 Å². The fraction of sp³-hybridized carbons (Fsp3) is 0.0270. The Hall–Kier alpha value is -15.4. The van der Waals surface area contributed by atoms with Crippen molar-refractivity contribution in [1.29, 1.82) is 0 Å². The van der Waals surface area contributed by atoms with E-state index >= 15 is 0 Å². The molecule has 0 radical (unpaired) electrons. The summed E-state index contributed by atoms with van der Waals surface area (Å²) in [4.78, 5) is 82.9. The molecule has 30 heteroatoms. The van der Waals surface area contributed by atoms with E-state index in [1.54, 1.807) is 122 Å². The number of aromatic hydroxyl groups is 4. The number of aromatic nitrogens is 12. The van der Waals surface area contributed by atoms with Gasteiger partial charge in [0.25, 0.3) is 35.0 Å². The summed E-state index contributed by atoms with van der Waals surface area (Å²) in [6.07, 6.45) is 0. The molecule has 12 aromatic carbocycles. The van der Waals surface area contributed by atoms with Crippen molar-refractivity contribution in [2.45, 2.75) is 13.8 Å². The number of nitrogens with two attached hydrogens (primary N) is 2. The van der Waals surface area contributed by atoms with Crippen LogP contribution in [0.1, 0.15) is 52.6 Å². The number of imide groups is 2. The van der Waals surface area contributed by atoms with Crippen LogP contribution in [0.2, 0.25) is 0 Å². The van der Waals surface area contributed by atoms with Gasteiger partial charge in [0, 0.05) is 50.8 Å². The summed E-state index contributed by atoms with van der Waals surface area (Å²) >= 11 is 0. The molecule has 0 atom stereocenters. The van der Waals surface area contributed by atoms with E-state index in [1.165, 1.54) is 79.8 Å². The van der Waals surface area contributed by atoms with Gasteiger partial charge in [-0.3, -0.25) is 39.4 Å². The Morgan fingerprint density at radius 3 is 1.17 bits per heavy atom. The Kier molecular flexibility index (Phi) is 15.8. The zero-order valence-electron chi connectivity index (χ0n) is 54.1. The number of nitrogen functional groups attached to an aromatic ring is 2. The molecule has 2 aliphatic heterocycles. The van der Waals surface area contributed by atoms with Crippen LogP contribution in [0.25, 0.3) is 88.4 Å². The average molecular weight is 1380 g/mol. The maximum atomic E-state index is 13.5. The molecule has 16 aromatic rings. The molecule has 18 rings (SSSR count). The molecule has 0 bridgehead atoms. The number of nitro groups is 2. The molecular weight excluding hydrogens is 1330 g/mol. The van der Waals surface area contributed by atoms with Gasteiger partial charge in [-0.15, -0.1) is 60.0 Å². The average Bonchev–Trinajstić information content (AvgIpc) is 0.757. The lowest BCUT2D eigenvalue weighted by atomic mass is 9.92. The quantitative estimate of drug-likeness (QED) is 0.0270. The van der Waals surface area contributed by atoms with Crippen molar-refractivity contribution >= 4 is 123 Å². The monoisotopic (exact) mass is 1380 g/mol. The van der Waals surface area contributed by atoms with Crippen LogP contribution < -0.4 is 21.3 Å². The molecule has 8 N–H and O–H groups in total. The molecule has 6 heterocycles. The number of anilines is 4. The maximum Gasteiger partial charge on any atom is 0.277 e. The number of nitro benzene ring substituents is 2. The molecule has 0 spiro atoms. The minimum atomic E-state index is -0.695. The number of fused-ring (bicyclic) bond motifs is 4. The van der Waals surface area contributed by atoms with E-state index < -0.39 is 33.5 Å². The van der Waals surface area contributed by atoms with Crippen LogP contribution in [-0.4, -0.2) is 114 Å². The number of hydrogen-bond acceptors (Lipinski definition) is 22. The SMILES string of the molecule is Cc1cc(N)c(O)c(-n2nc3ccccc3n2)c1.Cc1cc(N2C(=O)c3cccc4c([N+](=O)[O-])ccc(c34)C2=O)c(O)c(-n2nc3ccccc3n2)c1.Nc1ccc2nn(-c3ccccc3O)nc2c1.O=C1c2cccc3c([N+](=O)[O-])ccc(c23)C(=O)N1c1ccc2nn(-c3ccccc3O)nc2c1. The maximum absolute atomic E-state index is 13.5. The molecular formula is C74H50N18O12. The highest BCUT2D eigenvalue weighted by molar-refractivity contribution is 6.38. The number of benzene rings is 12. The van der Waals surface area contributed by atoms with Gasteiger partial charge in [-0.2, -0.15) is 0 Å². The molecule has 4 amide bonds. The van der Waals surface area contributed by atoms with Gasteiger partial charge < -0.3 is 31.9 Å². The number of hydrogen-bond donors (Lipinski definition) is 6. The second-order valence-corrected chi connectivity index (χ2v) is 23.8. The van der Waals surface area contributed by atoms with Crippen LogP contribution in [-0.2, 0) is 0 Å². The van der Waals surface area contributed by atoms with Crippen molar-refractivity contribution in [2.24, 2.45) is 0 Å². The highest BCUT2D eigenvalue weighted by Gasteiger charge is 2.39. The zero-order chi connectivity index (χ0) is 72.5. The summed E-state index contributed by atoms with van der Waals surface area (Å²) in [5.74, 6) is -2.77. The first-order valence-corrected chi connectivity index (χ1v) is 31.5. The number of phenolic OH excluding ortho intramolecular Hbond substituents is 4. The van der Waals surface area contributed by atoms with Crippen molar-refractivity contribution in [1.82, 2.24) is 60.0 Å². The molecule has 0 saturated carbocycles. The summed E-state index contributed by atoms with van der Waals surface area (Å²) in [7, 11) is 0. The van der Waals surface area contributed by atoms with Gasteiger partial charge in [-0.1, -0.05) is 60.7 Å². The molecule has 0 saturated heterocycles. The summed E-state index contributed by atoms with van der Waals surface area (Å²) in [6, 6.07) is 59.4. The zero-order valence-corrected chi connectivity index (χ0v) is 54.1. The number of nitrogens with zero attached hydrogens (tertiary/aromatic N) is 16. The van der Waals surface area contributed by atoms with Crippen molar-refractivity contribution in [2.75, 3.05) is 21.3 Å². The van der Waals surface area contributed by atoms with Crippen molar-refractivity contribution in [3.63, 3.8) is 0 Å². The molecule has 0 fully saturated rings. The molecule has 30 nitrogen and oxygen atoms in total. The largest absolute Gasteiger partial charge is 0.506 e. The van der Waals surface area contributed by atoms with E-state index in [9.17, 15) is 59.8 Å². The smallest absolute Gasteiger partial charge is 0.277 e. The molecule has 2 aliphatic rings. The third kappa shape index (κ3) is 11.3. The van der Waals surface area contributed by atoms with Gasteiger partial charge in [0.2, 0.25) is 0 Å². The Balaban J connectivity index is 0.000000117. The van der Waals surface area contributed by atoms with Gasteiger partial charge in [0.1, 0.15) is 78.4 Å². The number of aryl methyl sites for hydroxylation is 2. The predicted molar refractivity (Wildman–Crippen MR) is 384 cm³/mol. The minimum Gasteiger partial charge on any atom is -0.506 e. The topological polar surface area (TPSA) is 417 Å². The third-order valence-corrected chi connectivity index (χ3v) is 17.1. The van der Waals surface area contributed by atoms with Crippen LogP contribution in [0.15, 0.2) is 218 Å². The van der Waals surface area contributed by atoms with Gasteiger partial charge >= 0.3 is 0 Å². The Labute approximate surface area is 583 Å². The number of carbonyl (C=O) groups excluding carboxylic acids is 4. The molecule has 4 aromatic heterocycles. The molecule has 0 aliphatic carbocycles. The van der Waals surface area contributed by atoms with Crippen LogP contribution in [0, 0.1) is 34.1 Å². The number of rotatable bonds is 8. The lowest BCUT2D eigenvalue weighted by Gasteiger charge is -2.28. The highest BCUT2D eigenvalue weighted by atomic mass is 16.6. The van der Waals surface area contributed by atoms with Gasteiger partial charge in [0.05, 0.1) is 37.7 Å². The standard InChI is InChI=1S/C25H15N5O5.C24H13N5O5.C13H12N4O.C12H10N4O/c1-13-11-20(23(31)21(12-13)29-26-17-7-2-3-8-18(17)27-29)28-24(32)15-6-4-5-14-19(30(34)35)10-9-16(22(14)15)25(28)33;30-21-7-2-1-6-20(21)28-25-17-10-8-13(12-18(17)26-28)27-23(31)15-5-3-4-14-19(29(33)34)11-9-16(22(14)15)24(27)32;1-8-6-9(14)13(18)12(7-8)17-15-10-4-2-3-5-11(10)16-17;13-8-5-6-9-10(7-8)15-16(14-9)11-3-1-2-4-12(11)17/h2-12,31H,1H3;1-12,30H;2-7,18H,14H2,1H3;1-7,17H,13H2. The van der Waals surface area contributed by atoms with Crippen molar-refractivity contribution in [3.05, 3.63) is 272 Å². The Morgan fingerprint density at radius 2 is 0.712 bits per heavy atom. The predicted octanol–water partition coefficient (Wildman–Crippen LogP) is 12.0.